The van der Waals surface area contributed by atoms with Gasteiger partial charge in [-0.1, -0.05) is 24.0 Å². The van der Waals surface area contributed by atoms with Crippen molar-refractivity contribution >= 4 is 17.6 Å². The molecule has 5 nitrogen and oxygen atoms in total. The van der Waals surface area contributed by atoms with Crippen LogP contribution in [0.5, 0.6) is 11.5 Å². The molecular formula is C18H15NO4. The fourth-order valence-electron chi connectivity index (χ4n) is 1.82. The average molecular weight is 309 g/mol. The van der Waals surface area contributed by atoms with Crippen LogP contribution in [0.1, 0.15) is 25.0 Å². The van der Waals surface area contributed by atoms with E-state index in [2.05, 4.69) is 11.8 Å². The zero-order valence-electron chi connectivity index (χ0n) is 12.8. The van der Waals surface area contributed by atoms with Gasteiger partial charge >= 0.3 is 11.9 Å². The number of benzene rings is 2. The van der Waals surface area contributed by atoms with Gasteiger partial charge in [-0.15, -0.1) is 0 Å². The van der Waals surface area contributed by atoms with E-state index in [9.17, 15) is 9.59 Å². The first-order chi connectivity index (χ1) is 11.0. The number of esters is 2. The van der Waals surface area contributed by atoms with Crippen LogP contribution < -0.4 is 15.2 Å². The first-order valence-electron chi connectivity index (χ1n) is 6.83. The lowest BCUT2D eigenvalue weighted by Crippen LogP contribution is -2.05. The van der Waals surface area contributed by atoms with Gasteiger partial charge in [0.15, 0.2) is 0 Å². The molecule has 0 radical (unpaired) electrons. The van der Waals surface area contributed by atoms with Crippen LogP contribution in [0.2, 0.25) is 0 Å². The highest BCUT2D eigenvalue weighted by molar-refractivity contribution is 5.72. The largest absolute Gasteiger partial charge is 0.427 e. The summed E-state index contributed by atoms with van der Waals surface area (Å²) in [6, 6.07) is 11.8. The van der Waals surface area contributed by atoms with E-state index in [-0.39, 0.29) is 11.5 Å². The molecule has 0 aromatic heterocycles. The van der Waals surface area contributed by atoms with Crippen molar-refractivity contribution in [1.29, 1.82) is 0 Å². The highest BCUT2D eigenvalue weighted by atomic mass is 16.5. The van der Waals surface area contributed by atoms with Gasteiger partial charge < -0.3 is 15.2 Å². The van der Waals surface area contributed by atoms with Crippen molar-refractivity contribution in [3.63, 3.8) is 0 Å². The number of nitrogen functional groups attached to an aromatic ring is 1. The fraction of sp³-hybridized carbons (Fsp3) is 0.111. The van der Waals surface area contributed by atoms with Crippen molar-refractivity contribution in [3.8, 4) is 23.3 Å². The molecule has 0 bridgehead atoms. The van der Waals surface area contributed by atoms with Crippen molar-refractivity contribution in [3.05, 3.63) is 53.6 Å². The molecule has 0 atom stereocenters. The van der Waals surface area contributed by atoms with E-state index in [4.69, 9.17) is 15.2 Å². The van der Waals surface area contributed by atoms with E-state index in [1.54, 1.807) is 24.3 Å². The van der Waals surface area contributed by atoms with Gasteiger partial charge in [-0.2, -0.15) is 0 Å². The summed E-state index contributed by atoms with van der Waals surface area (Å²) in [7, 11) is 0. The third-order valence-electron chi connectivity index (χ3n) is 2.76. The van der Waals surface area contributed by atoms with Gasteiger partial charge in [0.2, 0.25) is 0 Å². The Balaban J connectivity index is 2.39. The molecule has 0 fully saturated rings. The Morgan fingerprint density at radius 3 is 2.22 bits per heavy atom. The normalized spacial score (nSPS) is 9.48. The molecule has 0 amide bonds. The third kappa shape index (κ3) is 4.61. The molecule has 2 rings (SSSR count). The summed E-state index contributed by atoms with van der Waals surface area (Å²) in [6.45, 7) is 2.57. The zero-order valence-corrected chi connectivity index (χ0v) is 12.8. The molecule has 5 heteroatoms. The summed E-state index contributed by atoms with van der Waals surface area (Å²) >= 11 is 0. The summed E-state index contributed by atoms with van der Waals surface area (Å²) in [6.07, 6.45) is 0. The van der Waals surface area contributed by atoms with Crippen molar-refractivity contribution in [2.45, 2.75) is 13.8 Å². The fourth-order valence-corrected chi connectivity index (χ4v) is 1.82. The Kier molecular flexibility index (Phi) is 5.00. The molecule has 0 aliphatic carbocycles. The lowest BCUT2D eigenvalue weighted by molar-refractivity contribution is -0.132. The monoisotopic (exact) mass is 309 g/mol. The molecule has 0 heterocycles. The van der Waals surface area contributed by atoms with Crippen molar-refractivity contribution in [2.75, 3.05) is 5.73 Å². The minimum absolute atomic E-state index is 0.221. The Morgan fingerprint density at radius 2 is 1.57 bits per heavy atom. The number of anilines is 1. The minimum atomic E-state index is -0.493. The highest BCUT2D eigenvalue weighted by Crippen LogP contribution is 2.25. The number of para-hydroxylation sites is 1. The number of rotatable bonds is 2. The van der Waals surface area contributed by atoms with Crippen LogP contribution in [0, 0.1) is 11.8 Å². The summed E-state index contributed by atoms with van der Waals surface area (Å²) < 4.78 is 10.1. The Labute approximate surface area is 134 Å². The predicted molar refractivity (Wildman–Crippen MR) is 85.9 cm³/mol. The van der Waals surface area contributed by atoms with Gasteiger partial charge in [0.05, 0.1) is 5.56 Å². The quantitative estimate of drug-likeness (QED) is 0.399. The standard InChI is InChI=1S/C18H15NO4/c1-12(20)22-16-10-9-15(18(11-16)23-13(2)21)8-7-14-5-3-4-6-17(14)19/h3-6,9-11H,19H2,1-2H3. The molecule has 0 saturated carbocycles. The minimum Gasteiger partial charge on any atom is -0.427 e. The van der Waals surface area contributed by atoms with E-state index in [0.29, 0.717) is 16.8 Å². The topological polar surface area (TPSA) is 78.6 Å². The Morgan fingerprint density at radius 1 is 0.913 bits per heavy atom. The van der Waals surface area contributed by atoms with Crippen LogP contribution >= 0.6 is 0 Å². The van der Waals surface area contributed by atoms with Crippen molar-refractivity contribution in [1.82, 2.24) is 0 Å². The molecule has 2 aromatic rings. The number of nitrogens with two attached hydrogens (primary N) is 1. The SMILES string of the molecule is CC(=O)Oc1ccc(C#Cc2ccccc2N)c(OC(C)=O)c1. The van der Waals surface area contributed by atoms with E-state index < -0.39 is 11.9 Å². The van der Waals surface area contributed by atoms with Gasteiger partial charge in [-0.3, -0.25) is 9.59 Å². The van der Waals surface area contributed by atoms with Crippen LogP contribution in [0.3, 0.4) is 0 Å². The Bertz CT molecular complexity index is 815. The molecule has 0 saturated heterocycles. The smallest absolute Gasteiger partial charge is 0.308 e. The first kappa shape index (κ1) is 16.1. The van der Waals surface area contributed by atoms with E-state index in [1.807, 2.05) is 12.1 Å². The number of ether oxygens (including phenoxy) is 2. The molecule has 2 N–H and O–H groups in total. The maximum atomic E-state index is 11.2. The predicted octanol–water partition coefficient (Wildman–Crippen LogP) is 2.52. The number of hydrogen-bond acceptors (Lipinski definition) is 5. The summed E-state index contributed by atoms with van der Waals surface area (Å²) in [5.74, 6) is 5.38. The first-order valence-corrected chi connectivity index (χ1v) is 6.83. The second-order valence-corrected chi connectivity index (χ2v) is 4.68. The van der Waals surface area contributed by atoms with Gasteiger partial charge in [0.1, 0.15) is 11.5 Å². The number of carbonyl (C=O) groups excluding carboxylic acids is 2. The molecule has 0 spiro atoms. The molecule has 0 aliphatic rings. The zero-order chi connectivity index (χ0) is 16.8. The second-order valence-electron chi connectivity index (χ2n) is 4.68. The lowest BCUT2D eigenvalue weighted by Gasteiger charge is -2.07. The molecule has 0 aliphatic heterocycles. The average Bonchev–Trinajstić information content (AvgIpc) is 2.47. The van der Waals surface area contributed by atoms with Gasteiger partial charge in [0.25, 0.3) is 0 Å². The molecule has 116 valence electrons. The second kappa shape index (κ2) is 7.14. The van der Waals surface area contributed by atoms with E-state index in [1.165, 1.54) is 19.9 Å². The van der Waals surface area contributed by atoms with Crippen LogP contribution in [0.4, 0.5) is 5.69 Å². The molecule has 2 aromatic carbocycles. The Hall–Kier alpha value is -3.26. The van der Waals surface area contributed by atoms with Gasteiger partial charge in [-0.25, -0.2) is 0 Å². The van der Waals surface area contributed by atoms with Crippen LogP contribution in [-0.4, -0.2) is 11.9 Å². The maximum absolute atomic E-state index is 11.2. The van der Waals surface area contributed by atoms with E-state index >= 15 is 0 Å². The van der Waals surface area contributed by atoms with Gasteiger partial charge in [0, 0.05) is 31.2 Å². The summed E-state index contributed by atoms with van der Waals surface area (Å²) in [5.41, 5.74) is 7.55. The van der Waals surface area contributed by atoms with Crippen molar-refractivity contribution in [2.24, 2.45) is 0 Å². The van der Waals surface area contributed by atoms with Crippen molar-refractivity contribution < 1.29 is 19.1 Å². The molecule has 0 unspecified atom stereocenters. The van der Waals surface area contributed by atoms with Crippen LogP contribution in [0.15, 0.2) is 42.5 Å². The molecule has 23 heavy (non-hydrogen) atoms. The third-order valence-corrected chi connectivity index (χ3v) is 2.76. The lowest BCUT2D eigenvalue weighted by atomic mass is 10.1. The summed E-state index contributed by atoms with van der Waals surface area (Å²) in [4.78, 5) is 22.2. The van der Waals surface area contributed by atoms with Crippen LogP contribution in [0.25, 0.3) is 0 Å². The van der Waals surface area contributed by atoms with E-state index in [0.717, 1.165) is 0 Å². The molecular weight excluding hydrogens is 294 g/mol. The number of carbonyl (C=O) groups is 2. The summed E-state index contributed by atoms with van der Waals surface area (Å²) in [5, 5.41) is 0. The maximum Gasteiger partial charge on any atom is 0.308 e. The highest BCUT2D eigenvalue weighted by Gasteiger charge is 2.08. The van der Waals surface area contributed by atoms with Gasteiger partial charge in [-0.05, 0) is 24.3 Å². The number of hydrogen-bond donors (Lipinski definition) is 1. The van der Waals surface area contributed by atoms with Crippen LogP contribution in [-0.2, 0) is 9.59 Å².